The maximum Gasteiger partial charge on any atom is 0.313 e. The number of amides is 2. The van der Waals surface area contributed by atoms with Crippen molar-refractivity contribution >= 4 is 23.2 Å². The first kappa shape index (κ1) is 18.0. The van der Waals surface area contributed by atoms with E-state index in [1.54, 1.807) is 6.92 Å². The van der Waals surface area contributed by atoms with Crippen LogP contribution in [0.5, 0.6) is 0 Å². The number of hydrogen-bond acceptors (Lipinski definition) is 4. The molecule has 9 heteroatoms. The van der Waals surface area contributed by atoms with Crippen molar-refractivity contribution in [3.63, 3.8) is 0 Å². The minimum absolute atomic E-state index is 0.159. The van der Waals surface area contributed by atoms with Crippen molar-refractivity contribution in [1.29, 1.82) is 0 Å². The summed E-state index contributed by atoms with van der Waals surface area (Å²) in [4.78, 5) is 33.9. The lowest BCUT2D eigenvalue weighted by molar-refractivity contribution is -0.384. The van der Waals surface area contributed by atoms with E-state index >= 15 is 0 Å². The fourth-order valence-corrected chi connectivity index (χ4v) is 2.03. The van der Waals surface area contributed by atoms with Crippen LogP contribution >= 0.6 is 0 Å². The highest BCUT2D eigenvalue weighted by Crippen LogP contribution is 2.25. The van der Waals surface area contributed by atoms with Gasteiger partial charge in [-0.15, -0.1) is 0 Å². The Morgan fingerprint density at radius 3 is 2.36 bits per heavy atom. The van der Waals surface area contributed by atoms with Crippen LogP contribution in [0, 0.1) is 28.7 Å². The highest BCUT2D eigenvalue weighted by Gasteiger charge is 2.20. The van der Waals surface area contributed by atoms with Crippen LogP contribution in [0.1, 0.15) is 11.1 Å². The Balaban J connectivity index is 2.06. The second-order valence-corrected chi connectivity index (χ2v) is 5.11. The standard InChI is InChI=1S/C16H13F2N3O4/c1-9-5-6-13(14(7-9)21(24)25)20-16(23)15(22)19-8-10-11(17)3-2-4-12(10)18/h2-7H,8H2,1H3,(H,19,22)(H,20,23). The number of halogens is 2. The van der Waals surface area contributed by atoms with Crippen LogP contribution < -0.4 is 10.6 Å². The smallest absolute Gasteiger partial charge is 0.313 e. The molecule has 2 N–H and O–H groups in total. The topological polar surface area (TPSA) is 101 Å². The summed E-state index contributed by atoms with van der Waals surface area (Å²) >= 11 is 0. The minimum Gasteiger partial charge on any atom is -0.344 e. The van der Waals surface area contributed by atoms with E-state index in [-0.39, 0.29) is 11.4 Å². The van der Waals surface area contributed by atoms with Crippen LogP contribution in [-0.4, -0.2) is 16.7 Å². The molecule has 0 aliphatic heterocycles. The third kappa shape index (κ3) is 4.34. The maximum atomic E-state index is 13.5. The molecular formula is C16H13F2N3O4. The second-order valence-electron chi connectivity index (χ2n) is 5.11. The lowest BCUT2D eigenvalue weighted by atomic mass is 10.2. The third-order valence-corrected chi connectivity index (χ3v) is 3.29. The molecule has 2 aromatic carbocycles. The Bertz CT molecular complexity index is 835. The molecule has 0 aliphatic rings. The fraction of sp³-hybridized carbons (Fsp3) is 0.125. The Hall–Kier alpha value is -3.36. The monoisotopic (exact) mass is 349 g/mol. The molecule has 130 valence electrons. The number of nitrogens with zero attached hydrogens (tertiary/aromatic N) is 1. The first-order valence-corrected chi connectivity index (χ1v) is 7.06. The summed E-state index contributed by atoms with van der Waals surface area (Å²) in [6.07, 6.45) is 0. The summed E-state index contributed by atoms with van der Waals surface area (Å²) in [5.74, 6) is -4.11. The number of nitro benzene ring substituents is 1. The molecule has 2 amide bonds. The summed E-state index contributed by atoms with van der Waals surface area (Å²) in [5, 5.41) is 15.1. The average Bonchev–Trinajstić information content (AvgIpc) is 2.55. The Morgan fingerprint density at radius 1 is 1.12 bits per heavy atom. The van der Waals surface area contributed by atoms with Gasteiger partial charge < -0.3 is 10.6 Å². The Labute approximate surface area is 140 Å². The van der Waals surface area contributed by atoms with E-state index in [0.29, 0.717) is 5.56 Å². The number of carbonyl (C=O) groups excluding carboxylic acids is 2. The highest BCUT2D eigenvalue weighted by atomic mass is 19.1. The maximum absolute atomic E-state index is 13.5. The van der Waals surface area contributed by atoms with E-state index in [4.69, 9.17) is 0 Å². The molecule has 0 bridgehead atoms. The zero-order chi connectivity index (χ0) is 18.6. The van der Waals surface area contributed by atoms with Gasteiger partial charge in [0.15, 0.2) is 0 Å². The largest absolute Gasteiger partial charge is 0.344 e. The van der Waals surface area contributed by atoms with Crippen LogP contribution in [0.25, 0.3) is 0 Å². The molecule has 0 unspecified atom stereocenters. The van der Waals surface area contributed by atoms with Crippen LogP contribution in [0.15, 0.2) is 36.4 Å². The Kier molecular flexibility index (Phi) is 5.38. The molecule has 0 heterocycles. The first-order valence-electron chi connectivity index (χ1n) is 7.06. The molecule has 0 saturated heterocycles. The van der Waals surface area contributed by atoms with Crippen molar-refractivity contribution in [3.8, 4) is 0 Å². The molecule has 25 heavy (non-hydrogen) atoms. The van der Waals surface area contributed by atoms with Gasteiger partial charge in [0.1, 0.15) is 17.3 Å². The van der Waals surface area contributed by atoms with Gasteiger partial charge in [-0.25, -0.2) is 8.78 Å². The molecule has 7 nitrogen and oxygen atoms in total. The second kappa shape index (κ2) is 7.47. The molecule has 0 radical (unpaired) electrons. The average molecular weight is 349 g/mol. The van der Waals surface area contributed by atoms with Crippen molar-refractivity contribution in [2.24, 2.45) is 0 Å². The molecular weight excluding hydrogens is 336 g/mol. The summed E-state index contributed by atoms with van der Waals surface area (Å²) in [5.41, 5.74) is -0.330. The van der Waals surface area contributed by atoms with Gasteiger partial charge in [0, 0.05) is 18.2 Å². The van der Waals surface area contributed by atoms with Gasteiger partial charge in [0.25, 0.3) is 5.69 Å². The van der Waals surface area contributed by atoms with Crippen LogP contribution in [0.2, 0.25) is 0 Å². The normalized spacial score (nSPS) is 10.2. The minimum atomic E-state index is -1.19. The summed E-state index contributed by atoms with van der Waals surface area (Å²) in [6, 6.07) is 7.24. The number of rotatable bonds is 4. The molecule has 0 aromatic heterocycles. The van der Waals surface area contributed by atoms with Gasteiger partial charge in [0.05, 0.1) is 4.92 Å². The van der Waals surface area contributed by atoms with Crippen molar-refractivity contribution in [2.75, 3.05) is 5.32 Å². The summed E-state index contributed by atoms with van der Waals surface area (Å²) in [6.45, 7) is 1.09. The van der Waals surface area contributed by atoms with Gasteiger partial charge in [-0.05, 0) is 30.7 Å². The van der Waals surface area contributed by atoms with E-state index in [9.17, 15) is 28.5 Å². The van der Waals surface area contributed by atoms with Crippen LogP contribution in [0.3, 0.4) is 0 Å². The van der Waals surface area contributed by atoms with Gasteiger partial charge in [-0.2, -0.15) is 0 Å². The fourth-order valence-electron chi connectivity index (χ4n) is 2.03. The van der Waals surface area contributed by atoms with Crippen molar-refractivity contribution in [1.82, 2.24) is 5.32 Å². The van der Waals surface area contributed by atoms with E-state index in [1.807, 2.05) is 0 Å². The van der Waals surface area contributed by atoms with Crippen molar-refractivity contribution < 1.29 is 23.3 Å². The van der Waals surface area contributed by atoms with Gasteiger partial charge >= 0.3 is 11.8 Å². The molecule has 2 rings (SSSR count). The molecule has 0 saturated carbocycles. The predicted octanol–water partition coefficient (Wildman–Crippen LogP) is 2.44. The van der Waals surface area contributed by atoms with E-state index in [1.165, 1.54) is 24.3 Å². The zero-order valence-electron chi connectivity index (χ0n) is 13.0. The lowest BCUT2D eigenvalue weighted by Crippen LogP contribution is -2.35. The molecule has 0 aliphatic carbocycles. The number of benzene rings is 2. The van der Waals surface area contributed by atoms with Gasteiger partial charge in [0.2, 0.25) is 0 Å². The quantitative estimate of drug-likeness (QED) is 0.503. The van der Waals surface area contributed by atoms with E-state index in [2.05, 4.69) is 10.6 Å². The van der Waals surface area contributed by atoms with Crippen molar-refractivity contribution in [2.45, 2.75) is 13.5 Å². The van der Waals surface area contributed by atoms with Gasteiger partial charge in [-0.1, -0.05) is 12.1 Å². The van der Waals surface area contributed by atoms with E-state index < -0.39 is 40.5 Å². The van der Waals surface area contributed by atoms with Crippen LogP contribution in [0.4, 0.5) is 20.2 Å². The van der Waals surface area contributed by atoms with Crippen LogP contribution in [-0.2, 0) is 16.1 Å². The number of hydrogen-bond donors (Lipinski definition) is 2. The number of anilines is 1. The van der Waals surface area contributed by atoms with Crippen molar-refractivity contribution in [3.05, 3.63) is 69.3 Å². The molecule has 0 spiro atoms. The van der Waals surface area contributed by atoms with E-state index in [0.717, 1.165) is 12.1 Å². The zero-order valence-corrected chi connectivity index (χ0v) is 13.0. The third-order valence-electron chi connectivity index (χ3n) is 3.29. The van der Waals surface area contributed by atoms with Gasteiger partial charge in [-0.3, -0.25) is 19.7 Å². The number of nitrogens with one attached hydrogen (secondary N) is 2. The molecule has 0 fully saturated rings. The summed E-state index contributed by atoms with van der Waals surface area (Å²) in [7, 11) is 0. The number of carbonyl (C=O) groups is 2. The highest BCUT2D eigenvalue weighted by molar-refractivity contribution is 6.39. The predicted molar refractivity (Wildman–Crippen MR) is 84.7 cm³/mol. The lowest BCUT2D eigenvalue weighted by Gasteiger charge is -2.08. The summed E-state index contributed by atoms with van der Waals surface area (Å²) < 4.78 is 26.9. The first-order chi connectivity index (χ1) is 11.8. The number of aryl methyl sites for hydroxylation is 1. The molecule has 0 atom stereocenters. The Morgan fingerprint density at radius 2 is 1.76 bits per heavy atom. The molecule has 2 aromatic rings. The number of nitro groups is 1. The SMILES string of the molecule is Cc1ccc(NC(=O)C(=O)NCc2c(F)cccc2F)c([N+](=O)[O-])c1.